The molecule has 10 heteroatoms. The largest absolute Gasteiger partial charge is 0.444 e. The molecule has 0 unspecified atom stereocenters. The van der Waals surface area contributed by atoms with E-state index in [1.807, 2.05) is 6.92 Å². The van der Waals surface area contributed by atoms with Crippen LogP contribution in [0.25, 0.3) is 0 Å². The molecule has 10 nitrogen and oxygen atoms in total. The summed E-state index contributed by atoms with van der Waals surface area (Å²) in [6.07, 6.45) is 1.56. The van der Waals surface area contributed by atoms with Gasteiger partial charge in [-0.3, -0.25) is 9.89 Å². The number of aromatic nitrogens is 3. The number of ether oxygens (including phenoxy) is 2. The maximum absolute atomic E-state index is 12.1. The van der Waals surface area contributed by atoms with E-state index in [2.05, 4.69) is 26.0 Å². The highest BCUT2D eigenvalue weighted by Crippen LogP contribution is 2.35. The number of alkyl carbamates (subject to hydrolysis) is 1. The average molecular weight is 389 g/mol. The number of amides is 2. The first-order valence-electron chi connectivity index (χ1n) is 9.26. The van der Waals surface area contributed by atoms with Gasteiger partial charge in [-0.1, -0.05) is 5.16 Å². The van der Waals surface area contributed by atoms with Gasteiger partial charge in [0.05, 0.1) is 24.4 Å². The van der Waals surface area contributed by atoms with Crippen LogP contribution < -0.4 is 10.6 Å². The van der Waals surface area contributed by atoms with Gasteiger partial charge in [-0.25, -0.2) is 4.79 Å². The number of H-pyrrole nitrogens is 1. The fourth-order valence-corrected chi connectivity index (χ4v) is 3.05. The minimum Gasteiger partial charge on any atom is -0.444 e. The fourth-order valence-electron chi connectivity index (χ4n) is 3.05. The van der Waals surface area contributed by atoms with E-state index in [9.17, 15) is 9.59 Å². The summed E-state index contributed by atoms with van der Waals surface area (Å²) < 4.78 is 16.2. The molecule has 0 aromatic carbocycles. The molecule has 2 aromatic heterocycles. The number of rotatable bonds is 6. The topological polar surface area (TPSA) is 131 Å². The van der Waals surface area contributed by atoms with Crippen LogP contribution in [-0.4, -0.2) is 45.6 Å². The Balaban J connectivity index is 1.26. The van der Waals surface area contributed by atoms with Gasteiger partial charge < -0.3 is 24.6 Å². The van der Waals surface area contributed by atoms with Crippen LogP contribution in [-0.2, 0) is 20.7 Å². The maximum Gasteiger partial charge on any atom is 0.407 e. The molecule has 2 amide bonds. The Morgan fingerprint density at radius 1 is 1.39 bits per heavy atom. The highest BCUT2D eigenvalue weighted by atomic mass is 16.6. The molecule has 2 aliphatic rings. The van der Waals surface area contributed by atoms with Crippen LogP contribution in [0.3, 0.4) is 0 Å². The molecule has 4 rings (SSSR count). The van der Waals surface area contributed by atoms with Crippen molar-refractivity contribution in [1.29, 1.82) is 0 Å². The van der Waals surface area contributed by atoms with Gasteiger partial charge in [0.15, 0.2) is 5.82 Å². The van der Waals surface area contributed by atoms with Gasteiger partial charge >= 0.3 is 6.09 Å². The summed E-state index contributed by atoms with van der Waals surface area (Å²) in [4.78, 5) is 24.0. The third kappa shape index (κ3) is 4.50. The number of aryl methyl sites for hydroxylation is 1. The lowest BCUT2D eigenvalue weighted by molar-refractivity contribution is -0.115. The Bertz CT molecular complexity index is 871. The Kier molecular flexibility index (Phi) is 4.80. The molecule has 2 aromatic rings. The lowest BCUT2D eigenvalue weighted by atomic mass is 10.1. The van der Waals surface area contributed by atoms with Gasteiger partial charge in [-0.15, -0.1) is 0 Å². The van der Waals surface area contributed by atoms with E-state index in [-0.39, 0.29) is 30.1 Å². The summed E-state index contributed by atoms with van der Waals surface area (Å²) in [5.74, 6) is 0.625. The summed E-state index contributed by atoms with van der Waals surface area (Å²) in [5, 5.41) is 16.3. The van der Waals surface area contributed by atoms with Crippen molar-refractivity contribution in [3.63, 3.8) is 0 Å². The second-order valence-corrected chi connectivity index (χ2v) is 7.64. The average Bonchev–Trinajstić information content (AvgIpc) is 3.05. The van der Waals surface area contributed by atoms with Crippen molar-refractivity contribution in [3.05, 3.63) is 29.3 Å². The second-order valence-electron chi connectivity index (χ2n) is 7.64. The number of hydrogen-bond donors (Lipinski definition) is 3. The Hall–Kier alpha value is -2.88. The van der Waals surface area contributed by atoms with Crippen LogP contribution in [0.1, 0.15) is 49.4 Å². The first kappa shape index (κ1) is 18.5. The van der Waals surface area contributed by atoms with Gasteiger partial charge in [-0.05, 0) is 26.7 Å². The van der Waals surface area contributed by atoms with E-state index in [0.717, 1.165) is 18.5 Å². The third-order valence-corrected chi connectivity index (χ3v) is 4.86. The minimum absolute atomic E-state index is 0.0763. The van der Waals surface area contributed by atoms with Gasteiger partial charge in [0, 0.05) is 24.1 Å². The molecule has 0 spiro atoms. The Morgan fingerprint density at radius 3 is 2.93 bits per heavy atom. The number of anilines is 1. The monoisotopic (exact) mass is 389 g/mol. The second kappa shape index (κ2) is 7.27. The third-order valence-electron chi connectivity index (χ3n) is 4.86. The zero-order valence-corrected chi connectivity index (χ0v) is 15.8. The number of aromatic amines is 1. The summed E-state index contributed by atoms with van der Waals surface area (Å²) in [7, 11) is 0. The highest BCUT2D eigenvalue weighted by Gasteiger charge is 2.40. The van der Waals surface area contributed by atoms with Gasteiger partial charge in [0.1, 0.15) is 18.0 Å². The molecule has 1 saturated carbocycles. The number of nitrogens with zero attached hydrogens (tertiary/aromatic N) is 2. The van der Waals surface area contributed by atoms with Gasteiger partial charge in [-0.2, -0.15) is 5.10 Å². The molecular weight excluding hydrogens is 366 g/mol. The summed E-state index contributed by atoms with van der Waals surface area (Å²) in [6, 6.07) is 3.42. The number of carbonyl (C=O) groups excluding carboxylic acids is 2. The van der Waals surface area contributed by atoms with Crippen molar-refractivity contribution < 1.29 is 23.6 Å². The molecule has 28 heavy (non-hydrogen) atoms. The van der Waals surface area contributed by atoms with Crippen LogP contribution in [0.2, 0.25) is 0 Å². The smallest absolute Gasteiger partial charge is 0.407 e. The molecule has 1 saturated heterocycles. The van der Waals surface area contributed by atoms with Crippen LogP contribution >= 0.6 is 0 Å². The number of carbonyl (C=O) groups is 2. The van der Waals surface area contributed by atoms with Crippen molar-refractivity contribution >= 4 is 17.8 Å². The fraction of sp³-hybridized carbons (Fsp3) is 0.556. The standard InChI is InChI=1S/C18H23N5O5/c1-10-5-11(28-23-10)7-16(24)19-15-8-13(21-22-15)14-6-12(9-26-14)27-17(25)20-18(2)3-4-18/h5,8,12,14H,3-4,6-7,9H2,1-2H3,(H,20,25)(H2,19,21,22,24)/t12-,14-/m0/s1. The molecule has 0 radical (unpaired) electrons. The van der Waals surface area contributed by atoms with E-state index in [1.54, 1.807) is 19.1 Å². The van der Waals surface area contributed by atoms with Crippen LogP contribution in [0.15, 0.2) is 16.7 Å². The molecule has 150 valence electrons. The van der Waals surface area contributed by atoms with Crippen molar-refractivity contribution in [3.8, 4) is 0 Å². The normalized spacial score (nSPS) is 22.6. The van der Waals surface area contributed by atoms with E-state index in [4.69, 9.17) is 14.0 Å². The highest BCUT2D eigenvalue weighted by molar-refractivity contribution is 5.91. The van der Waals surface area contributed by atoms with E-state index < -0.39 is 6.09 Å². The Morgan fingerprint density at radius 2 is 2.21 bits per heavy atom. The molecule has 3 heterocycles. The summed E-state index contributed by atoms with van der Waals surface area (Å²) >= 11 is 0. The molecular formula is C18H23N5O5. The van der Waals surface area contributed by atoms with Crippen molar-refractivity contribution in [1.82, 2.24) is 20.7 Å². The summed E-state index contributed by atoms with van der Waals surface area (Å²) in [5.41, 5.74) is 1.32. The number of nitrogens with one attached hydrogen (secondary N) is 3. The van der Waals surface area contributed by atoms with E-state index in [1.165, 1.54) is 0 Å². The van der Waals surface area contributed by atoms with Crippen molar-refractivity contribution in [2.75, 3.05) is 11.9 Å². The minimum atomic E-state index is -0.408. The first-order valence-corrected chi connectivity index (χ1v) is 9.26. The first-order chi connectivity index (χ1) is 13.4. The number of hydrogen-bond acceptors (Lipinski definition) is 7. The molecule has 3 N–H and O–H groups in total. The molecule has 2 atom stereocenters. The predicted molar refractivity (Wildman–Crippen MR) is 96.5 cm³/mol. The van der Waals surface area contributed by atoms with Crippen LogP contribution in [0.5, 0.6) is 0 Å². The van der Waals surface area contributed by atoms with Gasteiger partial charge in [0.25, 0.3) is 0 Å². The lowest BCUT2D eigenvalue weighted by Gasteiger charge is -2.15. The van der Waals surface area contributed by atoms with Crippen molar-refractivity contribution in [2.24, 2.45) is 0 Å². The predicted octanol–water partition coefficient (Wildman–Crippen LogP) is 2.00. The molecule has 2 fully saturated rings. The van der Waals surface area contributed by atoms with Gasteiger partial charge in [0.2, 0.25) is 5.91 Å². The van der Waals surface area contributed by atoms with E-state index in [0.29, 0.717) is 30.3 Å². The molecule has 1 aliphatic carbocycles. The Labute approximate surface area is 161 Å². The summed E-state index contributed by atoms with van der Waals surface area (Å²) in [6.45, 7) is 4.10. The van der Waals surface area contributed by atoms with Crippen LogP contribution in [0.4, 0.5) is 10.6 Å². The zero-order valence-electron chi connectivity index (χ0n) is 15.8. The molecule has 0 bridgehead atoms. The van der Waals surface area contributed by atoms with Crippen molar-refractivity contribution in [2.45, 2.75) is 57.3 Å². The maximum atomic E-state index is 12.1. The molecule has 1 aliphatic heterocycles. The van der Waals surface area contributed by atoms with Crippen LogP contribution in [0, 0.1) is 6.92 Å². The lowest BCUT2D eigenvalue weighted by Crippen LogP contribution is -2.37. The van der Waals surface area contributed by atoms with E-state index >= 15 is 0 Å². The SMILES string of the molecule is Cc1cc(CC(=O)Nc2cc([C@@H]3C[C@H](OC(=O)NC4(C)CC4)CO3)[nH]n2)on1. The quantitative estimate of drug-likeness (QED) is 0.688. The zero-order chi connectivity index (χ0) is 19.7.